The molecule has 1 aromatic carbocycles. The number of benzene rings is 1. The van der Waals surface area contributed by atoms with Crippen LogP contribution < -0.4 is 10.1 Å². The molecule has 0 saturated heterocycles. The van der Waals surface area contributed by atoms with E-state index in [1.165, 1.54) is 0 Å². The maximum atomic E-state index is 10.6. The number of hydrogen-bond donors (Lipinski definition) is 2. The summed E-state index contributed by atoms with van der Waals surface area (Å²) in [5, 5.41) is 12.0. The van der Waals surface area contributed by atoms with Crippen LogP contribution in [0, 0.1) is 0 Å². The molecule has 0 bridgehead atoms. The minimum absolute atomic E-state index is 0.462. The maximum absolute atomic E-state index is 10.6. The van der Waals surface area contributed by atoms with Crippen LogP contribution in [-0.2, 0) is 4.79 Å². The highest BCUT2D eigenvalue weighted by Crippen LogP contribution is 2.27. The van der Waals surface area contributed by atoms with Crippen molar-refractivity contribution >= 4 is 23.3 Å². The average molecular weight is 244 g/mol. The predicted octanol–water partition coefficient (Wildman–Crippen LogP) is 2.62. The Labute approximate surface area is 99.2 Å². The highest BCUT2D eigenvalue weighted by molar-refractivity contribution is 6.32. The summed E-state index contributed by atoms with van der Waals surface area (Å²) in [7, 11) is 0. The van der Waals surface area contributed by atoms with E-state index in [0.29, 0.717) is 23.1 Å². The number of carbonyl (C=O) groups is 1. The molecule has 16 heavy (non-hydrogen) atoms. The van der Waals surface area contributed by atoms with Crippen molar-refractivity contribution in [2.45, 2.75) is 19.9 Å². The molecular weight excluding hydrogens is 230 g/mol. The zero-order valence-electron chi connectivity index (χ0n) is 9.16. The Morgan fingerprint density at radius 3 is 2.81 bits per heavy atom. The van der Waals surface area contributed by atoms with E-state index in [2.05, 4.69) is 5.32 Å². The Kier molecular flexibility index (Phi) is 4.43. The first-order valence-corrected chi connectivity index (χ1v) is 5.34. The largest absolute Gasteiger partial charge is 0.492 e. The van der Waals surface area contributed by atoms with Gasteiger partial charge in [-0.2, -0.15) is 0 Å². The van der Waals surface area contributed by atoms with Gasteiger partial charge >= 0.3 is 5.97 Å². The third-order valence-electron chi connectivity index (χ3n) is 1.99. The SMILES string of the molecule is CCOc1ccc(NC(C)C(=O)O)cc1Cl. The molecule has 1 aromatic rings. The minimum Gasteiger partial charge on any atom is -0.492 e. The lowest BCUT2D eigenvalue weighted by Crippen LogP contribution is -2.25. The third-order valence-corrected chi connectivity index (χ3v) is 2.28. The normalized spacial score (nSPS) is 11.9. The number of carboxylic acids is 1. The molecule has 0 saturated carbocycles. The van der Waals surface area contributed by atoms with Crippen LogP contribution in [0.3, 0.4) is 0 Å². The van der Waals surface area contributed by atoms with Crippen LogP contribution >= 0.6 is 11.6 Å². The second-order valence-electron chi connectivity index (χ2n) is 3.28. The molecule has 88 valence electrons. The van der Waals surface area contributed by atoms with Gasteiger partial charge in [0.15, 0.2) is 0 Å². The van der Waals surface area contributed by atoms with Gasteiger partial charge in [-0.15, -0.1) is 0 Å². The van der Waals surface area contributed by atoms with Crippen molar-refractivity contribution in [3.63, 3.8) is 0 Å². The molecule has 0 radical (unpaired) electrons. The average Bonchev–Trinajstić information content (AvgIpc) is 2.22. The molecule has 0 heterocycles. The molecule has 0 fully saturated rings. The van der Waals surface area contributed by atoms with Crippen molar-refractivity contribution in [3.8, 4) is 5.75 Å². The highest BCUT2D eigenvalue weighted by atomic mass is 35.5. The second-order valence-corrected chi connectivity index (χ2v) is 3.69. The molecule has 2 N–H and O–H groups in total. The molecule has 1 atom stereocenters. The predicted molar refractivity (Wildman–Crippen MR) is 63.3 cm³/mol. The maximum Gasteiger partial charge on any atom is 0.325 e. The van der Waals surface area contributed by atoms with Crippen LogP contribution in [0.15, 0.2) is 18.2 Å². The molecule has 5 heteroatoms. The summed E-state index contributed by atoms with van der Waals surface area (Å²) in [6.07, 6.45) is 0. The molecule has 0 aliphatic carbocycles. The van der Waals surface area contributed by atoms with Gasteiger partial charge in [-0.05, 0) is 32.0 Å². The number of nitrogens with one attached hydrogen (secondary N) is 1. The first kappa shape index (κ1) is 12.6. The van der Waals surface area contributed by atoms with Gasteiger partial charge in [0.05, 0.1) is 11.6 Å². The lowest BCUT2D eigenvalue weighted by molar-refractivity contribution is -0.137. The van der Waals surface area contributed by atoms with Crippen molar-refractivity contribution < 1.29 is 14.6 Å². The minimum atomic E-state index is -0.912. The van der Waals surface area contributed by atoms with E-state index in [-0.39, 0.29) is 0 Å². The number of aliphatic carboxylic acids is 1. The fourth-order valence-corrected chi connectivity index (χ4v) is 1.41. The molecule has 0 spiro atoms. The van der Waals surface area contributed by atoms with Crippen molar-refractivity contribution in [2.24, 2.45) is 0 Å². The van der Waals surface area contributed by atoms with E-state index in [0.717, 1.165) is 0 Å². The summed E-state index contributed by atoms with van der Waals surface area (Å²) in [6.45, 7) is 3.97. The summed E-state index contributed by atoms with van der Waals surface area (Å²) >= 11 is 5.96. The quantitative estimate of drug-likeness (QED) is 0.835. The Balaban J connectivity index is 2.77. The van der Waals surface area contributed by atoms with Gasteiger partial charge in [-0.3, -0.25) is 4.79 Å². The molecule has 0 amide bonds. The number of hydrogen-bond acceptors (Lipinski definition) is 3. The summed E-state index contributed by atoms with van der Waals surface area (Å²) in [4.78, 5) is 10.6. The van der Waals surface area contributed by atoms with Crippen LogP contribution in [0.25, 0.3) is 0 Å². The highest BCUT2D eigenvalue weighted by Gasteiger charge is 2.11. The summed E-state index contributed by atoms with van der Waals surface area (Å²) < 4.78 is 5.27. The zero-order chi connectivity index (χ0) is 12.1. The first-order valence-electron chi connectivity index (χ1n) is 4.96. The molecule has 4 nitrogen and oxygen atoms in total. The van der Waals surface area contributed by atoms with Crippen LogP contribution in [0.4, 0.5) is 5.69 Å². The third kappa shape index (κ3) is 3.31. The van der Waals surface area contributed by atoms with E-state index in [9.17, 15) is 4.79 Å². The number of anilines is 1. The van der Waals surface area contributed by atoms with Crippen LogP contribution in [0.5, 0.6) is 5.75 Å². The van der Waals surface area contributed by atoms with E-state index in [4.69, 9.17) is 21.4 Å². The van der Waals surface area contributed by atoms with Crippen molar-refractivity contribution in [1.82, 2.24) is 0 Å². The van der Waals surface area contributed by atoms with Gasteiger partial charge < -0.3 is 15.2 Å². The fraction of sp³-hybridized carbons (Fsp3) is 0.364. The van der Waals surface area contributed by atoms with E-state index in [1.54, 1.807) is 25.1 Å². The van der Waals surface area contributed by atoms with Crippen molar-refractivity contribution in [2.75, 3.05) is 11.9 Å². The molecule has 0 aliphatic rings. The zero-order valence-corrected chi connectivity index (χ0v) is 9.91. The summed E-state index contributed by atoms with van der Waals surface area (Å²) in [5.41, 5.74) is 0.656. The molecule has 0 aliphatic heterocycles. The van der Waals surface area contributed by atoms with Crippen molar-refractivity contribution in [3.05, 3.63) is 23.2 Å². The second kappa shape index (κ2) is 5.61. The Morgan fingerprint density at radius 1 is 1.62 bits per heavy atom. The van der Waals surface area contributed by atoms with Gasteiger partial charge in [0.2, 0.25) is 0 Å². The molecule has 1 rings (SSSR count). The smallest absolute Gasteiger partial charge is 0.325 e. The van der Waals surface area contributed by atoms with Gasteiger partial charge in [-0.1, -0.05) is 11.6 Å². The van der Waals surface area contributed by atoms with Crippen LogP contribution in [0.2, 0.25) is 5.02 Å². The lowest BCUT2D eigenvalue weighted by Gasteiger charge is -2.12. The van der Waals surface area contributed by atoms with Crippen molar-refractivity contribution in [1.29, 1.82) is 0 Å². The van der Waals surface area contributed by atoms with E-state index < -0.39 is 12.0 Å². The van der Waals surface area contributed by atoms with E-state index in [1.807, 2.05) is 6.92 Å². The van der Waals surface area contributed by atoms with Gasteiger partial charge in [-0.25, -0.2) is 0 Å². The topological polar surface area (TPSA) is 58.6 Å². The first-order chi connectivity index (χ1) is 7.54. The van der Waals surface area contributed by atoms with Gasteiger partial charge in [0.25, 0.3) is 0 Å². The summed E-state index contributed by atoms with van der Waals surface area (Å²) in [5.74, 6) is -0.317. The van der Waals surface area contributed by atoms with E-state index >= 15 is 0 Å². The molecule has 1 unspecified atom stereocenters. The molecular formula is C11H14ClNO3. The Hall–Kier alpha value is -1.42. The number of rotatable bonds is 5. The monoisotopic (exact) mass is 243 g/mol. The standard InChI is InChI=1S/C11H14ClNO3/c1-3-16-10-5-4-8(6-9(10)12)13-7(2)11(14)15/h4-7,13H,3H2,1-2H3,(H,14,15). The Morgan fingerprint density at radius 2 is 2.31 bits per heavy atom. The molecule has 0 aromatic heterocycles. The summed E-state index contributed by atoms with van der Waals surface area (Å²) in [6, 6.07) is 4.43. The fourth-order valence-electron chi connectivity index (χ4n) is 1.17. The lowest BCUT2D eigenvalue weighted by atomic mass is 10.2. The number of ether oxygens (including phenoxy) is 1. The van der Waals surface area contributed by atoms with Crippen LogP contribution in [-0.4, -0.2) is 23.7 Å². The van der Waals surface area contributed by atoms with Crippen LogP contribution in [0.1, 0.15) is 13.8 Å². The van der Waals surface area contributed by atoms with Gasteiger partial charge in [0, 0.05) is 5.69 Å². The number of halogens is 1. The number of carboxylic acid groups (broad SMARTS) is 1. The van der Waals surface area contributed by atoms with Gasteiger partial charge in [0.1, 0.15) is 11.8 Å². The Bertz CT molecular complexity index is 381.